The van der Waals surface area contributed by atoms with Gasteiger partial charge in [-0.2, -0.15) is 4.31 Å². The number of nitrogens with zero attached hydrogens (tertiary/aromatic N) is 2. The van der Waals surface area contributed by atoms with Crippen LogP contribution in [0.5, 0.6) is 0 Å². The maximum atomic E-state index is 12.7. The summed E-state index contributed by atoms with van der Waals surface area (Å²) in [7, 11) is -3.51. The normalized spacial score (nSPS) is 20.2. The number of morpholine rings is 1. The highest BCUT2D eigenvalue weighted by atomic mass is 32.2. The Kier molecular flexibility index (Phi) is 5.54. The van der Waals surface area contributed by atoms with Crippen LogP contribution < -0.4 is 4.90 Å². The van der Waals surface area contributed by atoms with Crippen molar-refractivity contribution in [3.05, 3.63) is 65.7 Å². The summed E-state index contributed by atoms with van der Waals surface area (Å²) in [4.78, 5) is 14.8. The number of sulfonamides is 1. The molecule has 1 unspecified atom stereocenters. The number of carbonyl (C=O) groups is 1. The molecule has 1 amide bonds. The van der Waals surface area contributed by atoms with E-state index in [0.29, 0.717) is 26.3 Å². The zero-order valence-electron chi connectivity index (χ0n) is 16.3. The number of hydrogen-bond donors (Lipinski definition) is 0. The lowest BCUT2D eigenvalue weighted by Crippen LogP contribution is -2.40. The Morgan fingerprint density at radius 1 is 1.07 bits per heavy atom. The summed E-state index contributed by atoms with van der Waals surface area (Å²) in [6.07, 6.45) is 4.12. The van der Waals surface area contributed by atoms with Crippen molar-refractivity contribution in [1.29, 1.82) is 0 Å². The Hall–Kier alpha value is -2.48. The van der Waals surface area contributed by atoms with Gasteiger partial charge in [-0.05, 0) is 48.7 Å². The molecule has 1 fully saturated rings. The quantitative estimate of drug-likeness (QED) is 0.725. The number of hydrogen-bond acceptors (Lipinski definition) is 4. The van der Waals surface area contributed by atoms with Crippen LogP contribution in [0.4, 0.5) is 5.69 Å². The van der Waals surface area contributed by atoms with Gasteiger partial charge in [-0.1, -0.05) is 30.3 Å². The van der Waals surface area contributed by atoms with E-state index in [-0.39, 0.29) is 16.8 Å². The molecular formula is C22H24N2O4S. The van der Waals surface area contributed by atoms with E-state index >= 15 is 0 Å². The van der Waals surface area contributed by atoms with Crippen molar-refractivity contribution in [2.45, 2.75) is 24.3 Å². The summed E-state index contributed by atoms with van der Waals surface area (Å²) in [6.45, 7) is 3.61. The molecule has 0 bridgehead atoms. The Balaban J connectivity index is 1.47. The first-order valence-electron chi connectivity index (χ1n) is 9.74. The highest BCUT2D eigenvalue weighted by molar-refractivity contribution is 7.89. The molecule has 0 aromatic heterocycles. The number of rotatable bonds is 4. The van der Waals surface area contributed by atoms with Gasteiger partial charge in [-0.25, -0.2) is 8.42 Å². The van der Waals surface area contributed by atoms with Gasteiger partial charge < -0.3 is 9.64 Å². The smallest absolute Gasteiger partial charge is 0.251 e. The topological polar surface area (TPSA) is 66.9 Å². The molecule has 1 saturated heterocycles. The molecule has 2 aliphatic rings. The molecule has 2 aliphatic heterocycles. The molecule has 152 valence electrons. The van der Waals surface area contributed by atoms with E-state index in [1.54, 1.807) is 36.4 Å². The molecule has 1 atom stereocenters. The number of carbonyl (C=O) groups excluding carboxylic acids is 1. The minimum atomic E-state index is -3.51. The number of anilines is 1. The molecule has 2 heterocycles. The average Bonchev–Trinajstić information content (AvgIpc) is 3.08. The van der Waals surface area contributed by atoms with Crippen molar-refractivity contribution in [3.8, 4) is 0 Å². The Bertz CT molecular complexity index is 1030. The average molecular weight is 413 g/mol. The van der Waals surface area contributed by atoms with Crippen LogP contribution >= 0.6 is 0 Å². The fraction of sp³-hybridized carbons (Fsp3) is 0.318. The SMILES string of the molecule is CC1Cc2ccccc2N1C(=O)/C=C/c1ccc(S(=O)(=O)N2CCOCC2)cc1. The Morgan fingerprint density at radius 3 is 2.48 bits per heavy atom. The third-order valence-electron chi connectivity index (χ3n) is 5.35. The van der Waals surface area contributed by atoms with Crippen LogP contribution in [0.15, 0.2) is 59.5 Å². The van der Waals surface area contributed by atoms with Gasteiger partial charge in [0.2, 0.25) is 10.0 Å². The molecule has 0 spiro atoms. The van der Waals surface area contributed by atoms with E-state index in [1.165, 1.54) is 9.87 Å². The van der Waals surface area contributed by atoms with Crippen molar-refractivity contribution in [2.75, 3.05) is 31.2 Å². The third kappa shape index (κ3) is 3.99. The minimum absolute atomic E-state index is 0.0764. The van der Waals surface area contributed by atoms with E-state index in [2.05, 4.69) is 6.07 Å². The number of ether oxygens (including phenoxy) is 1. The number of amides is 1. The first-order chi connectivity index (χ1) is 14.0. The summed E-state index contributed by atoms with van der Waals surface area (Å²) in [5.41, 5.74) is 2.92. The number of para-hydroxylation sites is 1. The van der Waals surface area contributed by atoms with Crippen molar-refractivity contribution in [3.63, 3.8) is 0 Å². The van der Waals surface area contributed by atoms with Crippen LogP contribution in [0.1, 0.15) is 18.1 Å². The number of fused-ring (bicyclic) bond motifs is 1. The second kappa shape index (κ2) is 8.10. The van der Waals surface area contributed by atoms with E-state index < -0.39 is 10.0 Å². The van der Waals surface area contributed by atoms with Crippen LogP contribution in [-0.4, -0.2) is 51.0 Å². The molecular weight excluding hydrogens is 388 g/mol. The summed E-state index contributed by atoms with van der Waals surface area (Å²) in [5.74, 6) is -0.0764. The van der Waals surface area contributed by atoms with Crippen LogP contribution in [0.25, 0.3) is 6.08 Å². The fourth-order valence-corrected chi connectivity index (χ4v) is 5.24. The summed E-state index contributed by atoms with van der Waals surface area (Å²) in [5, 5.41) is 0. The highest BCUT2D eigenvalue weighted by Gasteiger charge is 2.29. The van der Waals surface area contributed by atoms with Crippen molar-refractivity contribution >= 4 is 27.7 Å². The van der Waals surface area contributed by atoms with Crippen LogP contribution in [0.2, 0.25) is 0 Å². The highest BCUT2D eigenvalue weighted by Crippen LogP contribution is 2.32. The fourth-order valence-electron chi connectivity index (χ4n) is 3.84. The van der Waals surface area contributed by atoms with Gasteiger partial charge >= 0.3 is 0 Å². The molecule has 2 aromatic carbocycles. The summed E-state index contributed by atoms with van der Waals surface area (Å²) < 4.78 is 32.0. The van der Waals surface area contributed by atoms with Gasteiger partial charge in [-0.15, -0.1) is 0 Å². The van der Waals surface area contributed by atoms with Gasteiger partial charge in [0.25, 0.3) is 5.91 Å². The van der Waals surface area contributed by atoms with Crippen LogP contribution in [-0.2, 0) is 26.0 Å². The maximum absolute atomic E-state index is 12.7. The predicted molar refractivity (Wildman–Crippen MR) is 112 cm³/mol. The molecule has 2 aromatic rings. The van der Waals surface area contributed by atoms with Gasteiger partial charge in [0.05, 0.1) is 18.1 Å². The Labute approximate surface area is 171 Å². The zero-order valence-corrected chi connectivity index (χ0v) is 17.1. The molecule has 0 radical (unpaired) electrons. The molecule has 29 heavy (non-hydrogen) atoms. The lowest BCUT2D eigenvalue weighted by molar-refractivity contribution is -0.114. The van der Waals surface area contributed by atoms with Crippen LogP contribution in [0, 0.1) is 0 Å². The van der Waals surface area contributed by atoms with E-state index in [9.17, 15) is 13.2 Å². The third-order valence-corrected chi connectivity index (χ3v) is 7.26. The van der Waals surface area contributed by atoms with Crippen molar-refractivity contribution < 1.29 is 17.9 Å². The standard InChI is InChI=1S/C22H24N2O4S/c1-17-16-19-4-2-3-5-21(19)24(17)22(25)11-8-18-6-9-20(10-7-18)29(26,27)23-12-14-28-15-13-23/h2-11,17H,12-16H2,1H3/b11-8+. The van der Waals surface area contributed by atoms with Gasteiger partial charge in [0.15, 0.2) is 0 Å². The van der Waals surface area contributed by atoms with Gasteiger partial charge in [0.1, 0.15) is 0 Å². The van der Waals surface area contributed by atoms with E-state index in [0.717, 1.165) is 17.7 Å². The van der Waals surface area contributed by atoms with Gasteiger partial charge in [-0.3, -0.25) is 4.79 Å². The molecule has 0 saturated carbocycles. The first-order valence-corrected chi connectivity index (χ1v) is 11.2. The largest absolute Gasteiger partial charge is 0.379 e. The monoisotopic (exact) mass is 412 g/mol. The van der Waals surface area contributed by atoms with Crippen LogP contribution in [0.3, 0.4) is 0 Å². The summed E-state index contributed by atoms with van der Waals surface area (Å²) >= 11 is 0. The number of benzene rings is 2. The second-order valence-electron chi connectivity index (χ2n) is 7.31. The second-order valence-corrected chi connectivity index (χ2v) is 9.25. The van der Waals surface area contributed by atoms with Gasteiger partial charge in [0, 0.05) is 30.9 Å². The minimum Gasteiger partial charge on any atom is -0.379 e. The zero-order chi connectivity index (χ0) is 20.4. The van der Waals surface area contributed by atoms with E-state index in [4.69, 9.17) is 4.74 Å². The lowest BCUT2D eigenvalue weighted by Gasteiger charge is -2.26. The van der Waals surface area contributed by atoms with E-state index in [1.807, 2.05) is 30.0 Å². The molecule has 0 N–H and O–H groups in total. The first kappa shape index (κ1) is 19.8. The molecule has 4 rings (SSSR count). The summed E-state index contributed by atoms with van der Waals surface area (Å²) in [6, 6.07) is 14.7. The Morgan fingerprint density at radius 2 is 1.76 bits per heavy atom. The lowest BCUT2D eigenvalue weighted by atomic mass is 10.1. The molecule has 0 aliphatic carbocycles. The maximum Gasteiger partial charge on any atom is 0.251 e. The predicted octanol–water partition coefficient (Wildman–Crippen LogP) is 2.70. The van der Waals surface area contributed by atoms with Crippen molar-refractivity contribution in [2.24, 2.45) is 0 Å². The molecule has 6 nitrogen and oxygen atoms in total. The van der Waals surface area contributed by atoms with Crippen molar-refractivity contribution in [1.82, 2.24) is 4.31 Å². The molecule has 7 heteroatoms.